The largest absolute Gasteiger partial charge is 0.478 e. The first-order valence-corrected chi connectivity index (χ1v) is 10.7. The summed E-state index contributed by atoms with van der Waals surface area (Å²) in [5.41, 5.74) is -0.128. The Morgan fingerprint density at radius 3 is 2.63 bits per heavy atom. The van der Waals surface area contributed by atoms with Gasteiger partial charge in [-0.3, -0.25) is 9.36 Å². The molecule has 1 heterocycles. The fourth-order valence-corrected chi connectivity index (χ4v) is 2.76. The first-order valence-electron chi connectivity index (χ1n) is 5.92. The lowest BCUT2D eigenvalue weighted by atomic mass is 10.3. The van der Waals surface area contributed by atoms with Crippen LogP contribution in [0.5, 0.6) is 0 Å². The molecule has 1 rings (SSSR count). The van der Waals surface area contributed by atoms with Crippen molar-refractivity contribution in [2.45, 2.75) is 32.4 Å². The van der Waals surface area contributed by atoms with E-state index in [-0.39, 0.29) is 17.9 Å². The molecule has 0 unspecified atom stereocenters. The Labute approximate surface area is 126 Å². The molecule has 0 saturated carbocycles. The SMILES string of the molecule is C[Si](C)(C)CCOCn1cc(C(=O)O)cc(I)c1=O. The van der Waals surface area contributed by atoms with E-state index >= 15 is 0 Å². The predicted octanol–water partition coefficient (Wildman–Crippen LogP) is 2.46. The Morgan fingerprint density at radius 2 is 2.11 bits per heavy atom. The van der Waals surface area contributed by atoms with E-state index in [1.54, 1.807) is 0 Å². The Bertz CT molecular complexity index is 521. The fraction of sp³-hybridized carbons (Fsp3) is 0.500. The second-order valence-electron chi connectivity index (χ2n) is 5.50. The van der Waals surface area contributed by atoms with Crippen molar-refractivity contribution in [1.29, 1.82) is 0 Å². The molecule has 7 heteroatoms. The van der Waals surface area contributed by atoms with Crippen molar-refractivity contribution in [2.24, 2.45) is 0 Å². The summed E-state index contributed by atoms with van der Waals surface area (Å²) in [7, 11) is -1.16. The van der Waals surface area contributed by atoms with Gasteiger partial charge >= 0.3 is 5.97 Å². The van der Waals surface area contributed by atoms with Crippen molar-refractivity contribution in [2.75, 3.05) is 6.61 Å². The van der Waals surface area contributed by atoms with Crippen LogP contribution in [0.3, 0.4) is 0 Å². The van der Waals surface area contributed by atoms with Crippen molar-refractivity contribution in [1.82, 2.24) is 4.57 Å². The topological polar surface area (TPSA) is 68.5 Å². The number of carboxylic acids is 1. The standard InChI is InChI=1S/C12H18INO4Si/c1-19(2,3)5-4-18-8-14-7-9(12(16)17)6-10(13)11(14)15/h6-7H,4-5,8H2,1-3H3,(H,16,17). The van der Waals surface area contributed by atoms with Crippen LogP contribution < -0.4 is 5.56 Å². The number of carboxylic acid groups (broad SMARTS) is 1. The number of aromatic nitrogens is 1. The molecule has 106 valence electrons. The molecular formula is C12H18INO4Si. The third-order valence-corrected chi connectivity index (χ3v) is 4.99. The van der Waals surface area contributed by atoms with Crippen LogP contribution in [0.25, 0.3) is 0 Å². The van der Waals surface area contributed by atoms with E-state index in [9.17, 15) is 9.59 Å². The molecule has 0 aliphatic heterocycles. The van der Waals surface area contributed by atoms with Crippen LogP contribution in [0.4, 0.5) is 0 Å². The molecule has 0 bridgehead atoms. The minimum atomic E-state index is -1.16. The third kappa shape index (κ3) is 5.45. The lowest BCUT2D eigenvalue weighted by molar-refractivity contribution is 0.0688. The molecular weight excluding hydrogens is 377 g/mol. The maximum absolute atomic E-state index is 11.8. The number of hydrogen-bond donors (Lipinski definition) is 1. The van der Waals surface area contributed by atoms with Gasteiger partial charge in [-0.2, -0.15) is 0 Å². The van der Waals surface area contributed by atoms with Crippen molar-refractivity contribution in [3.05, 3.63) is 31.8 Å². The van der Waals surface area contributed by atoms with Gasteiger partial charge in [0, 0.05) is 20.9 Å². The van der Waals surface area contributed by atoms with Crippen LogP contribution >= 0.6 is 22.6 Å². The van der Waals surface area contributed by atoms with Gasteiger partial charge in [-0.25, -0.2) is 4.79 Å². The summed E-state index contributed by atoms with van der Waals surface area (Å²) in [6.45, 7) is 7.43. The molecule has 19 heavy (non-hydrogen) atoms. The number of halogens is 1. The molecule has 0 fully saturated rings. The zero-order valence-electron chi connectivity index (χ0n) is 11.3. The van der Waals surface area contributed by atoms with Crippen LogP contribution in [0.2, 0.25) is 25.7 Å². The summed E-state index contributed by atoms with van der Waals surface area (Å²) in [5.74, 6) is -1.05. The van der Waals surface area contributed by atoms with E-state index in [0.717, 1.165) is 6.04 Å². The summed E-state index contributed by atoms with van der Waals surface area (Å²) in [6, 6.07) is 2.38. The van der Waals surface area contributed by atoms with Crippen LogP contribution in [-0.2, 0) is 11.5 Å². The van der Waals surface area contributed by atoms with Crippen LogP contribution in [0.1, 0.15) is 10.4 Å². The highest BCUT2D eigenvalue weighted by Gasteiger charge is 2.13. The van der Waals surface area contributed by atoms with E-state index in [4.69, 9.17) is 9.84 Å². The van der Waals surface area contributed by atoms with Gasteiger partial charge in [0.2, 0.25) is 0 Å². The summed E-state index contributed by atoms with van der Waals surface area (Å²) in [6.07, 6.45) is 1.32. The summed E-state index contributed by atoms with van der Waals surface area (Å²) >= 11 is 1.84. The highest BCUT2D eigenvalue weighted by Crippen LogP contribution is 2.08. The first-order chi connectivity index (χ1) is 8.70. The highest BCUT2D eigenvalue weighted by atomic mass is 127. The van der Waals surface area contributed by atoms with Gasteiger partial charge in [0.1, 0.15) is 6.73 Å². The number of pyridine rings is 1. The third-order valence-electron chi connectivity index (χ3n) is 2.52. The number of carbonyl (C=O) groups is 1. The van der Waals surface area contributed by atoms with Gasteiger partial charge in [-0.1, -0.05) is 19.6 Å². The van der Waals surface area contributed by atoms with Crippen molar-refractivity contribution >= 4 is 36.6 Å². The van der Waals surface area contributed by atoms with Gasteiger partial charge in [-0.05, 0) is 34.7 Å². The van der Waals surface area contributed by atoms with E-state index in [1.807, 2.05) is 22.6 Å². The normalized spacial score (nSPS) is 11.6. The number of nitrogens with zero attached hydrogens (tertiary/aromatic N) is 1. The van der Waals surface area contributed by atoms with E-state index in [0.29, 0.717) is 10.2 Å². The lowest BCUT2D eigenvalue weighted by Crippen LogP contribution is -2.26. The second-order valence-corrected chi connectivity index (χ2v) is 12.3. The summed E-state index contributed by atoms with van der Waals surface area (Å²) < 4.78 is 7.15. The van der Waals surface area contributed by atoms with Crippen LogP contribution in [0, 0.1) is 3.57 Å². The maximum Gasteiger partial charge on any atom is 0.337 e. The summed E-state index contributed by atoms with van der Waals surface area (Å²) in [4.78, 5) is 22.7. The molecule has 0 aliphatic carbocycles. The lowest BCUT2D eigenvalue weighted by Gasteiger charge is -2.16. The minimum absolute atomic E-state index is 0.0952. The minimum Gasteiger partial charge on any atom is -0.478 e. The average Bonchev–Trinajstić information content (AvgIpc) is 2.27. The molecule has 0 radical (unpaired) electrons. The van der Waals surface area contributed by atoms with Gasteiger partial charge in [-0.15, -0.1) is 0 Å². The van der Waals surface area contributed by atoms with E-state index in [2.05, 4.69) is 19.6 Å². The van der Waals surface area contributed by atoms with E-state index < -0.39 is 14.0 Å². The van der Waals surface area contributed by atoms with Crippen molar-refractivity contribution in [3.63, 3.8) is 0 Å². The number of ether oxygens (including phenoxy) is 1. The van der Waals surface area contributed by atoms with Gasteiger partial charge in [0.15, 0.2) is 0 Å². The summed E-state index contributed by atoms with van der Waals surface area (Å²) in [5, 5.41) is 8.95. The Balaban J connectivity index is 2.73. The van der Waals surface area contributed by atoms with Crippen molar-refractivity contribution < 1.29 is 14.6 Å². The molecule has 5 nitrogen and oxygen atoms in total. The first kappa shape index (κ1) is 16.4. The zero-order chi connectivity index (χ0) is 14.6. The van der Waals surface area contributed by atoms with Crippen LogP contribution in [0.15, 0.2) is 17.1 Å². The monoisotopic (exact) mass is 395 g/mol. The van der Waals surface area contributed by atoms with Gasteiger partial charge < -0.3 is 9.84 Å². The molecule has 0 aliphatic rings. The van der Waals surface area contributed by atoms with Crippen molar-refractivity contribution in [3.8, 4) is 0 Å². The number of hydrogen-bond acceptors (Lipinski definition) is 3. The molecule has 0 saturated heterocycles. The predicted molar refractivity (Wildman–Crippen MR) is 84.5 cm³/mol. The molecule has 0 aromatic carbocycles. The zero-order valence-corrected chi connectivity index (χ0v) is 14.4. The molecule has 0 spiro atoms. The molecule has 1 N–H and O–H groups in total. The second kappa shape index (κ2) is 6.66. The quantitative estimate of drug-likeness (QED) is 0.457. The number of rotatable bonds is 6. The Kier molecular flexibility index (Phi) is 5.75. The average molecular weight is 395 g/mol. The Hall–Kier alpha value is -0.673. The molecule has 1 aromatic heterocycles. The fourth-order valence-electron chi connectivity index (χ4n) is 1.35. The molecule has 1 aromatic rings. The Morgan fingerprint density at radius 1 is 1.47 bits per heavy atom. The van der Waals surface area contributed by atoms with Gasteiger partial charge in [0.25, 0.3) is 5.56 Å². The van der Waals surface area contributed by atoms with Crippen LogP contribution in [-0.4, -0.2) is 30.3 Å². The highest BCUT2D eigenvalue weighted by molar-refractivity contribution is 14.1. The molecule has 0 amide bonds. The number of aromatic carboxylic acids is 1. The molecule has 0 atom stereocenters. The maximum atomic E-state index is 11.8. The van der Waals surface area contributed by atoms with Gasteiger partial charge in [0.05, 0.1) is 9.13 Å². The van der Waals surface area contributed by atoms with E-state index in [1.165, 1.54) is 16.8 Å². The smallest absolute Gasteiger partial charge is 0.337 e.